The van der Waals surface area contributed by atoms with E-state index >= 15 is 0 Å². The van der Waals surface area contributed by atoms with Crippen LogP contribution < -0.4 is 5.32 Å². The molecule has 2 heteroatoms. The van der Waals surface area contributed by atoms with Crippen molar-refractivity contribution < 1.29 is 0 Å². The van der Waals surface area contributed by atoms with Crippen LogP contribution in [0.5, 0.6) is 0 Å². The molecule has 3 aliphatic carbocycles. The fourth-order valence-electron chi connectivity index (χ4n) is 3.75. The standard InChI is InChI=1S/C14H22N2/c15-9-11-3-1-4-13(11)16-10-14(7-2-8-14)12-5-6-12/h11-13,16H,1-8,10H2/t11-,13+/m1/s1. The third-order valence-corrected chi connectivity index (χ3v) is 5.19. The Morgan fingerprint density at radius 2 is 1.94 bits per heavy atom. The Morgan fingerprint density at radius 1 is 1.12 bits per heavy atom. The van der Waals surface area contributed by atoms with Gasteiger partial charge in [0.1, 0.15) is 0 Å². The summed E-state index contributed by atoms with van der Waals surface area (Å²) in [5.41, 5.74) is 0.655. The molecule has 2 nitrogen and oxygen atoms in total. The molecule has 0 radical (unpaired) electrons. The molecule has 0 unspecified atom stereocenters. The Bertz CT molecular complexity index is 296. The Hall–Kier alpha value is -0.550. The molecule has 88 valence electrons. The lowest BCUT2D eigenvalue weighted by molar-refractivity contribution is 0.0934. The molecule has 0 heterocycles. The van der Waals surface area contributed by atoms with E-state index in [-0.39, 0.29) is 5.92 Å². The second-order valence-electron chi connectivity index (χ2n) is 6.14. The molecular weight excluding hydrogens is 196 g/mol. The van der Waals surface area contributed by atoms with Crippen molar-refractivity contribution in [2.75, 3.05) is 6.54 Å². The number of rotatable bonds is 4. The lowest BCUT2D eigenvalue weighted by atomic mass is 9.65. The maximum atomic E-state index is 9.07. The number of nitrogens with zero attached hydrogens (tertiary/aromatic N) is 1. The van der Waals surface area contributed by atoms with E-state index in [1.807, 2.05) is 0 Å². The van der Waals surface area contributed by atoms with Crippen LogP contribution in [0.2, 0.25) is 0 Å². The van der Waals surface area contributed by atoms with Gasteiger partial charge in [-0.3, -0.25) is 0 Å². The minimum Gasteiger partial charge on any atom is -0.312 e. The molecule has 2 atom stereocenters. The van der Waals surface area contributed by atoms with Crippen LogP contribution in [0.1, 0.15) is 51.4 Å². The molecule has 0 aliphatic heterocycles. The Labute approximate surface area is 98.4 Å². The summed E-state index contributed by atoms with van der Waals surface area (Å²) in [6, 6.07) is 2.97. The number of hydrogen-bond acceptors (Lipinski definition) is 2. The second kappa shape index (κ2) is 4.04. The van der Waals surface area contributed by atoms with Gasteiger partial charge in [0.05, 0.1) is 12.0 Å². The summed E-state index contributed by atoms with van der Waals surface area (Å²) in [6.45, 7) is 1.19. The van der Waals surface area contributed by atoms with Crippen LogP contribution in [-0.4, -0.2) is 12.6 Å². The average Bonchev–Trinajstić information content (AvgIpc) is 2.96. The van der Waals surface area contributed by atoms with Gasteiger partial charge in [0.15, 0.2) is 0 Å². The van der Waals surface area contributed by atoms with Crippen molar-refractivity contribution in [2.45, 2.75) is 57.4 Å². The zero-order chi connectivity index (χ0) is 11.0. The van der Waals surface area contributed by atoms with Crippen LogP contribution in [0.15, 0.2) is 0 Å². The van der Waals surface area contributed by atoms with Gasteiger partial charge in [-0.05, 0) is 49.9 Å². The Kier molecular flexibility index (Phi) is 2.67. The first-order chi connectivity index (χ1) is 7.84. The van der Waals surface area contributed by atoms with Crippen molar-refractivity contribution in [3.63, 3.8) is 0 Å². The van der Waals surface area contributed by atoms with Crippen LogP contribution in [0.4, 0.5) is 0 Å². The third-order valence-electron chi connectivity index (χ3n) is 5.19. The number of nitrogens with one attached hydrogen (secondary N) is 1. The van der Waals surface area contributed by atoms with Gasteiger partial charge < -0.3 is 5.32 Å². The van der Waals surface area contributed by atoms with E-state index in [1.165, 1.54) is 51.5 Å². The lowest BCUT2D eigenvalue weighted by Gasteiger charge is -2.43. The molecule has 3 fully saturated rings. The third kappa shape index (κ3) is 1.76. The first-order valence-corrected chi connectivity index (χ1v) is 6.97. The van der Waals surface area contributed by atoms with Crippen molar-refractivity contribution in [1.82, 2.24) is 5.32 Å². The van der Waals surface area contributed by atoms with E-state index in [4.69, 9.17) is 5.26 Å². The van der Waals surface area contributed by atoms with Crippen molar-refractivity contribution >= 4 is 0 Å². The molecular formula is C14H22N2. The molecule has 16 heavy (non-hydrogen) atoms. The predicted molar refractivity (Wildman–Crippen MR) is 63.8 cm³/mol. The van der Waals surface area contributed by atoms with E-state index in [0.717, 1.165) is 12.3 Å². The fraction of sp³-hybridized carbons (Fsp3) is 0.929. The van der Waals surface area contributed by atoms with E-state index in [0.29, 0.717) is 11.5 Å². The summed E-state index contributed by atoms with van der Waals surface area (Å²) >= 11 is 0. The topological polar surface area (TPSA) is 35.8 Å². The van der Waals surface area contributed by atoms with E-state index in [1.54, 1.807) is 0 Å². The molecule has 1 N–H and O–H groups in total. The zero-order valence-corrected chi connectivity index (χ0v) is 10.0. The molecule has 0 bridgehead atoms. The monoisotopic (exact) mass is 218 g/mol. The van der Waals surface area contributed by atoms with Crippen LogP contribution in [0, 0.1) is 28.6 Å². The van der Waals surface area contributed by atoms with Crippen LogP contribution in [-0.2, 0) is 0 Å². The summed E-state index contributed by atoms with van der Waals surface area (Å²) < 4.78 is 0. The van der Waals surface area contributed by atoms with Gasteiger partial charge >= 0.3 is 0 Å². The molecule has 3 saturated carbocycles. The van der Waals surface area contributed by atoms with E-state index in [2.05, 4.69) is 11.4 Å². The van der Waals surface area contributed by atoms with Crippen molar-refractivity contribution in [3.8, 4) is 6.07 Å². The normalized spacial score (nSPS) is 36.7. The van der Waals surface area contributed by atoms with Gasteiger partial charge in [-0.1, -0.05) is 12.8 Å². The summed E-state index contributed by atoms with van der Waals surface area (Å²) in [4.78, 5) is 0. The minimum absolute atomic E-state index is 0.288. The zero-order valence-electron chi connectivity index (χ0n) is 10.0. The summed E-state index contributed by atoms with van der Waals surface area (Å²) in [7, 11) is 0. The van der Waals surface area contributed by atoms with Gasteiger partial charge in [0, 0.05) is 12.6 Å². The van der Waals surface area contributed by atoms with E-state index < -0.39 is 0 Å². The highest BCUT2D eigenvalue weighted by Crippen LogP contribution is 2.56. The maximum Gasteiger partial charge on any atom is 0.0672 e. The highest BCUT2D eigenvalue weighted by atomic mass is 14.9. The molecule has 0 spiro atoms. The highest BCUT2D eigenvalue weighted by molar-refractivity contribution is 5.03. The minimum atomic E-state index is 0.288. The number of hydrogen-bond donors (Lipinski definition) is 1. The van der Waals surface area contributed by atoms with E-state index in [9.17, 15) is 0 Å². The van der Waals surface area contributed by atoms with Gasteiger partial charge in [-0.25, -0.2) is 0 Å². The molecule has 0 aromatic heterocycles. The predicted octanol–water partition coefficient (Wildman–Crippen LogP) is 2.85. The maximum absolute atomic E-state index is 9.07. The number of nitriles is 1. The van der Waals surface area contributed by atoms with Crippen molar-refractivity contribution in [1.29, 1.82) is 5.26 Å². The summed E-state index contributed by atoms with van der Waals surface area (Å²) in [5.74, 6) is 1.31. The van der Waals surface area contributed by atoms with Gasteiger partial charge in [-0.15, -0.1) is 0 Å². The molecule has 3 rings (SSSR count). The van der Waals surface area contributed by atoms with Crippen LogP contribution in [0.25, 0.3) is 0 Å². The van der Waals surface area contributed by atoms with Gasteiger partial charge in [-0.2, -0.15) is 5.26 Å². The quantitative estimate of drug-likeness (QED) is 0.787. The van der Waals surface area contributed by atoms with Crippen LogP contribution >= 0.6 is 0 Å². The molecule has 0 saturated heterocycles. The largest absolute Gasteiger partial charge is 0.312 e. The summed E-state index contributed by atoms with van der Waals surface area (Å²) in [5, 5.41) is 12.8. The molecule has 0 aromatic carbocycles. The Balaban J connectivity index is 1.53. The van der Waals surface area contributed by atoms with Gasteiger partial charge in [0.2, 0.25) is 0 Å². The first kappa shape index (κ1) is 10.6. The molecule has 0 amide bonds. The molecule has 0 aromatic rings. The lowest BCUT2D eigenvalue weighted by Crippen LogP contribution is -2.46. The first-order valence-electron chi connectivity index (χ1n) is 6.97. The summed E-state index contributed by atoms with van der Waals surface area (Å²) in [6.07, 6.45) is 10.8. The highest BCUT2D eigenvalue weighted by Gasteiger charge is 2.49. The van der Waals surface area contributed by atoms with Crippen LogP contribution in [0.3, 0.4) is 0 Å². The fourth-order valence-corrected chi connectivity index (χ4v) is 3.75. The smallest absolute Gasteiger partial charge is 0.0672 e. The van der Waals surface area contributed by atoms with Crippen molar-refractivity contribution in [2.24, 2.45) is 17.3 Å². The second-order valence-corrected chi connectivity index (χ2v) is 6.14. The van der Waals surface area contributed by atoms with Crippen molar-refractivity contribution in [3.05, 3.63) is 0 Å². The Morgan fingerprint density at radius 3 is 2.50 bits per heavy atom. The van der Waals surface area contributed by atoms with Gasteiger partial charge in [0.25, 0.3) is 0 Å². The average molecular weight is 218 g/mol. The molecule has 3 aliphatic rings. The SMILES string of the molecule is N#C[C@H]1CCC[C@@H]1NCC1(C2CC2)CCC1.